The summed E-state index contributed by atoms with van der Waals surface area (Å²) < 4.78 is 0. The van der Waals surface area contributed by atoms with E-state index in [4.69, 9.17) is 0 Å². The quantitative estimate of drug-likeness (QED) is 0.806. The van der Waals surface area contributed by atoms with Gasteiger partial charge in [-0.25, -0.2) is 0 Å². The first kappa shape index (κ1) is 13.6. The largest absolute Gasteiger partial charge is 0.316 e. The van der Waals surface area contributed by atoms with Crippen LogP contribution in [-0.4, -0.2) is 19.6 Å². The molecule has 1 aromatic rings. The van der Waals surface area contributed by atoms with Crippen molar-refractivity contribution in [2.75, 3.05) is 19.6 Å². The smallest absolute Gasteiger partial charge is 0.0320 e. The predicted molar refractivity (Wildman–Crippen MR) is 77.7 cm³/mol. The van der Waals surface area contributed by atoms with Crippen molar-refractivity contribution >= 4 is 0 Å². The highest BCUT2D eigenvalue weighted by atomic mass is 14.9. The van der Waals surface area contributed by atoms with Crippen molar-refractivity contribution in [1.82, 2.24) is 10.6 Å². The molecule has 0 amide bonds. The van der Waals surface area contributed by atoms with E-state index in [1.54, 1.807) is 0 Å². The molecule has 0 saturated carbocycles. The molecular formula is C16H26N2. The summed E-state index contributed by atoms with van der Waals surface area (Å²) in [5.74, 6) is 0.807. The van der Waals surface area contributed by atoms with Gasteiger partial charge >= 0.3 is 0 Å². The molecule has 0 aliphatic carbocycles. The van der Waals surface area contributed by atoms with Gasteiger partial charge in [-0.15, -0.1) is 0 Å². The van der Waals surface area contributed by atoms with Gasteiger partial charge in [0.05, 0.1) is 0 Å². The van der Waals surface area contributed by atoms with E-state index < -0.39 is 0 Å². The summed E-state index contributed by atoms with van der Waals surface area (Å²) >= 11 is 0. The fourth-order valence-corrected chi connectivity index (χ4v) is 2.77. The highest BCUT2D eigenvalue weighted by Crippen LogP contribution is 2.19. The molecule has 0 radical (unpaired) electrons. The minimum Gasteiger partial charge on any atom is -0.316 e. The van der Waals surface area contributed by atoms with Crippen LogP contribution < -0.4 is 10.6 Å². The van der Waals surface area contributed by atoms with Crippen molar-refractivity contribution in [1.29, 1.82) is 0 Å². The normalized spacial score (nSPS) is 21.7. The molecule has 100 valence electrons. The van der Waals surface area contributed by atoms with E-state index in [9.17, 15) is 0 Å². The summed E-state index contributed by atoms with van der Waals surface area (Å²) in [5.41, 5.74) is 1.43. The van der Waals surface area contributed by atoms with Gasteiger partial charge in [0.2, 0.25) is 0 Å². The molecule has 1 saturated heterocycles. The van der Waals surface area contributed by atoms with Gasteiger partial charge < -0.3 is 10.6 Å². The van der Waals surface area contributed by atoms with Crippen molar-refractivity contribution in [3.8, 4) is 0 Å². The zero-order chi connectivity index (χ0) is 12.6. The average molecular weight is 246 g/mol. The third kappa shape index (κ3) is 4.11. The van der Waals surface area contributed by atoms with E-state index in [-0.39, 0.29) is 0 Å². The molecule has 1 aliphatic heterocycles. The maximum absolute atomic E-state index is 3.77. The van der Waals surface area contributed by atoms with Gasteiger partial charge in [-0.1, -0.05) is 43.7 Å². The lowest BCUT2D eigenvalue weighted by atomic mass is 9.97. The lowest BCUT2D eigenvalue weighted by Gasteiger charge is -2.26. The monoisotopic (exact) mass is 246 g/mol. The Morgan fingerprint density at radius 1 is 1.33 bits per heavy atom. The minimum absolute atomic E-state index is 0.526. The molecule has 0 spiro atoms. The highest BCUT2D eigenvalue weighted by molar-refractivity contribution is 5.18. The van der Waals surface area contributed by atoms with Crippen LogP contribution in [0.1, 0.15) is 44.2 Å². The van der Waals surface area contributed by atoms with Gasteiger partial charge in [-0.2, -0.15) is 0 Å². The van der Waals surface area contributed by atoms with E-state index >= 15 is 0 Å². The van der Waals surface area contributed by atoms with E-state index in [2.05, 4.69) is 47.9 Å². The number of piperidine rings is 1. The van der Waals surface area contributed by atoms with Crippen LogP contribution in [0.2, 0.25) is 0 Å². The van der Waals surface area contributed by atoms with Gasteiger partial charge in [0.15, 0.2) is 0 Å². The molecule has 18 heavy (non-hydrogen) atoms. The molecule has 1 aliphatic rings. The third-order valence-electron chi connectivity index (χ3n) is 3.83. The zero-order valence-electron chi connectivity index (χ0n) is 11.5. The van der Waals surface area contributed by atoms with E-state index in [1.807, 2.05) is 0 Å². The Bertz CT molecular complexity index is 317. The topological polar surface area (TPSA) is 24.1 Å². The molecule has 2 nitrogen and oxygen atoms in total. The number of nitrogens with one attached hydrogen (secondary N) is 2. The fourth-order valence-electron chi connectivity index (χ4n) is 2.77. The van der Waals surface area contributed by atoms with Crippen LogP contribution in [0, 0.1) is 5.92 Å². The molecule has 2 N–H and O–H groups in total. The number of hydrogen-bond acceptors (Lipinski definition) is 2. The molecule has 2 unspecified atom stereocenters. The standard InChI is InChI=1S/C16H26N2/c1-2-7-16(15-9-4-3-5-10-15)18-13-14-8-6-11-17-12-14/h3-5,9-10,14,16-18H,2,6-8,11-13H2,1H3. The van der Waals surface area contributed by atoms with Crippen molar-refractivity contribution in [3.05, 3.63) is 35.9 Å². The van der Waals surface area contributed by atoms with Crippen LogP contribution in [0.4, 0.5) is 0 Å². The Labute approximate surface area is 111 Å². The average Bonchev–Trinajstić information content (AvgIpc) is 2.45. The second kappa shape index (κ2) is 7.55. The van der Waals surface area contributed by atoms with Crippen LogP contribution >= 0.6 is 0 Å². The summed E-state index contributed by atoms with van der Waals surface area (Å²) in [4.78, 5) is 0. The summed E-state index contributed by atoms with van der Waals surface area (Å²) in [6.45, 7) is 5.79. The first-order valence-corrected chi connectivity index (χ1v) is 7.39. The van der Waals surface area contributed by atoms with Crippen molar-refractivity contribution in [2.24, 2.45) is 5.92 Å². The second-order valence-electron chi connectivity index (χ2n) is 5.37. The molecule has 2 rings (SSSR count). The maximum atomic E-state index is 3.77. The van der Waals surface area contributed by atoms with Crippen LogP contribution in [0.15, 0.2) is 30.3 Å². The Morgan fingerprint density at radius 2 is 2.17 bits per heavy atom. The van der Waals surface area contributed by atoms with Crippen LogP contribution in [0.3, 0.4) is 0 Å². The molecule has 1 heterocycles. The Morgan fingerprint density at radius 3 is 2.83 bits per heavy atom. The van der Waals surface area contributed by atoms with E-state index in [0.29, 0.717) is 6.04 Å². The van der Waals surface area contributed by atoms with Gasteiger partial charge in [0, 0.05) is 6.04 Å². The van der Waals surface area contributed by atoms with Crippen LogP contribution in [0.25, 0.3) is 0 Å². The molecule has 1 aromatic carbocycles. The molecule has 2 atom stereocenters. The van der Waals surface area contributed by atoms with E-state index in [0.717, 1.165) is 12.5 Å². The zero-order valence-corrected chi connectivity index (χ0v) is 11.5. The van der Waals surface area contributed by atoms with Gasteiger partial charge in [-0.3, -0.25) is 0 Å². The first-order valence-electron chi connectivity index (χ1n) is 7.39. The second-order valence-corrected chi connectivity index (χ2v) is 5.37. The molecule has 0 aromatic heterocycles. The van der Waals surface area contributed by atoms with E-state index in [1.165, 1.54) is 44.3 Å². The van der Waals surface area contributed by atoms with Crippen LogP contribution in [0.5, 0.6) is 0 Å². The van der Waals surface area contributed by atoms with Gasteiger partial charge in [0.25, 0.3) is 0 Å². The van der Waals surface area contributed by atoms with Crippen molar-refractivity contribution in [3.63, 3.8) is 0 Å². The number of rotatable bonds is 6. The minimum atomic E-state index is 0.526. The fraction of sp³-hybridized carbons (Fsp3) is 0.625. The Hall–Kier alpha value is -0.860. The lowest BCUT2D eigenvalue weighted by Crippen LogP contribution is -2.37. The van der Waals surface area contributed by atoms with Gasteiger partial charge in [-0.05, 0) is 50.4 Å². The maximum Gasteiger partial charge on any atom is 0.0320 e. The van der Waals surface area contributed by atoms with Crippen molar-refractivity contribution < 1.29 is 0 Å². The number of hydrogen-bond donors (Lipinski definition) is 2. The lowest BCUT2D eigenvalue weighted by molar-refractivity contribution is 0.339. The Kier molecular flexibility index (Phi) is 5.69. The first-order chi connectivity index (χ1) is 8.90. The molecular weight excluding hydrogens is 220 g/mol. The summed E-state index contributed by atoms with van der Waals surface area (Å²) in [7, 11) is 0. The molecule has 2 heteroatoms. The highest BCUT2D eigenvalue weighted by Gasteiger charge is 2.15. The molecule has 1 fully saturated rings. The SMILES string of the molecule is CCCC(NCC1CCCNC1)c1ccccc1. The third-order valence-corrected chi connectivity index (χ3v) is 3.83. The summed E-state index contributed by atoms with van der Waals surface area (Å²) in [5, 5.41) is 7.26. The van der Waals surface area contributed by atoms with Crippen LogP contribution in [-0.2, 0) is 0 Å². The van der Waals surface area contributed by atoms with Gasteiger partial charge in [0.1, 0.15) is 0 Å². The Balaban J connectivity index is 1.86. The summed E-state index contributed by atoms with van der Waals surface area (Å²) in [6, 6.07) is 11.4. The summed E-state index contributed by atoms with van der Waals surface area (Å²) in [6.07, 6.45) is 5.16. The number of benzene rings is 1. The predicted octanol–water partition coefficient (Wildman–Crippen LogP) is 3.12. The molecule has 0 bridgehead atoms. The van der Waals surface area contributed by atoms with Crippen molar-refractivity contribution in [2.45, 2.75) is 38.6 Å².